The van der Waals surface area contributed by atoms with Crippen molar-refractivity contribution in [3.63, 3.8) is 0 Å². The molecule has 0 amide bonds. The molecule has 5 heteroatoms. The molecule has 0 fully saturated rings. The first-order valence-corrected chi connectivity index (χ1v) is 10.1. The Morgan fingerprint density at radius 3 is 2.28 bits per heavy atom. The Labute approximate surface area is 174 Å². The largest absolute Gasteiger partial charge is 0.489 e. The summed E-state index contributed by atoms with van der Waals surface area (Å²) in [7, 11) is 1.89. The molecule has 0 saturated heterocycles. The van der Waals surface area contributed by atoms with Crippen LogP contribution in [-0.2, 0) is 22.6 Å². The van der Waals surface area contributed by atoms with Gasteiger partial charge in [0.25, 0.3) is 0 Å². The number of likely N-dealkylation sites (N-methyl/N-ethyl adjacent to an activating group) is 1. The lowest BCUT2D eigenvalue weighted by molar-refractivity contribution is -0.156. The highest BCUT2D eigenvalue weighted by molar-refractivity contribution is 5.72. The average Bonchev–Trinajstić information content (AvgIpc) is 2.66. The summed E-state index contributed by atoms with van der Waals surface area (Å²) in [4.78, 5) is 14.1. The lowest BCUT2D eigenvalue weighted by atomic mass is 10.0. The third kappa shape index (κ3) is 8.67. The van der Waals surface area contributed by atoms with Crippen LogP contribution in [0.15, 0.2) is 54.6 Å². The van der Waals surface area contributed by atoms with Crippen molar-refractivity contribution >= 4 is 5.97 Å². The van der Waals surface area contributed by atoms with Crippen LogP contribution in [0.2, 0.25) is 0 Å². The van der Waals surface area contributed by atoms with Gasteiger partial charge in [-0.3, -0.25) is 9.69 Å². The number of ether oxygens (including phenoxy) is 2. The van der Waals surface area contributed by atoms with E-state index in [4.69, 9.17) is 9.47 Å². The zero-order valence-corrected chi connectivity index (χ0v) is 17.9. The minimum atomic E-state index is -0.500. The minimum Gasteiger partial charge on any atom is -0.489 e. The van der Waals surface area contributed by atoms with E-state index in [1.807, 2.05) is 87.3 Å². The van der Waals surface area contributed by atoms with Crippen molar-refractivity contribution in [2.24, 2.45) is 0 Å². The van der Waals surface area contributed by atoms with Gasteiger partial charge >= 0.3 is 5.97 Å². The number of esters is 1. The Bertz CT molecular complexity index is 738. The standard InChI is InChI=1S/C24H33NO4/c1-24(2,3)29-23(27)17-25(4)21(14-15-26)16-19-10-12-22(13-11-19)28-18-20-8-6-5-7-9-20/h5-13,21,26H,14-18H2,1-4H3/t21-/m1/s1. The molecule has 0 aromatic heterocycles. The number of carbonyl (C=O) groups is 1. The van der Waals surface area contributed by atoms with Gasteiger partial charge in [-0.2, -0.15) is 0 Å². The Kier molecular flexibility index (Phi) is 8.68. The summed E-state index contributed by atoms with van der Waals surface area (Å²) in [5, 5.41) is 9.44. The van der Waals surface area contributed by atoms with Gasteiger partial charge in [0.1, 0.15) is 18.0 Å². The van der Waals surface area contributed by atoms with E-state index < -0.39 is 5.60 Å². The smallest absolute Gasteiger partial charge is 0.320 e. The second kappa shape index (κ2) is 11.0. The van der Waals surface area contributed by atoms with Gasteiger partial charge in [-0.15, -0.1) is 0 Å². The van der Waals surface area contributed by atoms with Gasteiger partial charge in [-0.25, -0.2) is 0 Å². The number of aliphatic hydroxyl groups excluding tert-OH is 1. The zero-order valence-electron chi connectivity index (χ0n) is 17.9. The molecule has 2 aromatic rings. The highest BCUT2D eigenvalue weighted by atomic mass is 16.6. The molecule has 158 valence electrons. The summed E-state index contributed by atoms with van der Waals surface area (Å²) >= 11 is 0. The Balaban J connectivity index is 1.91. The molecule has 2 rings (SSSR count). The van der Waals surface area contributed by atoms with E-state index in [9.17, 15) is 9.90 Å². The summed E-state index contributed by atoms with van der Waals surface area (Å²) < 4.78 is 11.2. The second-order valence-electron chi connectivity index (χ2n) is 8.29. The van der Waals surface area contributed by atoms with Crippen LogP contribution in [0.1, 0.15) is 38.3 Å². The molecular formula is C24H33NO4. The molecule has 29 heavy (non-hydrogen) atoms. The molecule has 2 aromatic carbocycles. The Morgan fingerprint density at radius 2 is 1.69 bits per heavy atom. The Hall–Kier alpha value is -2.37. The molecule has 0 spiro atoms. The first kappa shape index (κ1) is 22.9. The van der Waals surface area contributed by atoms with Crippen LogP contribution in [0.4, 0.5) is 0 Å². The third-order valence-corrected chi connectivity index (χ3v) is 4.53. The highest BCUT2D eigenvalue weighted by Crippen LogP contribution is 2.18. The topological polar surface area (TPSA) is 59.0 Å². The number of benzene rings is 2. The molecule has 1 atom stereocenters. The molecule has 0 heterocycles. The van der Waals surface area contributed by atoms with Gasteiger partial charge in [0.05, 0.1) is 6.54 Å². The van der Waals surface area contributed by atoms with Crippen molar-refractivity contribution in [1.82, 2.24) is 4.90 Å². The van der Waals surface area contributed by atoms with Crippen LogP contribution in [0.3, 0.4) is 0 Å². The number of nitrogens with zero attached hydrogens (tertiary/aromatic N) is 1. The maximum Gasteiger partial charge on any atom is 0.320 e. The molecule has 0 aliphatic heterocycles. The average molecular weight is 400 g/mol. The molecule has 0 aliphatic rings. The van der Waals surface area contributed by atoms with E-state index in [-0.39, 0.29) is 25.2 Å². The fraction of sp³-hybridized carbons (Fsp3) is 0.458. The van der Waals surface area contributed by atoms with Crippen molar-refractivity contribution in [3.8, 4) is 5.75 Å². The van der Waals surface area contributed by atoms with Crippen LogP contribution < -0.4 is 4.74 Å². The van der Waals surface area contributed by atoms with E-state index in [1.54, 1.807) is 0 Å². The van der Waals surface area contributed by atoms with Gasteiger partial charge in [0.15, 0.2) is 0 Å². The second-order valence-corrected chi connectivity index (χ2v) is 8.29. The first-order chi connectivity index (χ1) is 13.8. The number of hydrogen-bond acceptors (Lipinski definition) is 5. The number of aliphatic hydroxyl groups is 1. The SMILES string of the molecule is CN(CC(=O)OC(C)(C)C)[C@H](CCO)Cc1ccc(OCc2ccccc2)cc1. The van der Waals surface area contributed by atoms with Gasteiger partial charge in [-0.1, -0.05) is 42.5 Å². The quantitative estimate of drug-likeness (QED) is 0.615. The number of hydrogen-bond donors (Lipinski definition) is 1. The molecule has 5 nitrogen and oxygen atoms in total. The summed E-state index contributed by atoms with van der Waals surface area (Å²) in [6, 6.07) is 18.1. The summed E-state index contributed by atoms with van der Waals surface area (Å²) in [6.45, 7) is 6.38. The van der Waals surface area contributed by atoms with Crippen molar-refractivity contribution in [1.29, 1.82) is 0 Å². The lowest BCUT2D eigenvalue weighted by Crippen LogP contribution is -2.40. The fourth-order valence-corrected chi connectivity index (χ4v) is 3.07. The molecule has 0 bridgehead atoms. The predicted molar refractivity (Wildman–Crippen MR) is 115 cm³/mol. The van der Waals surface area contributed by atoms with Crippen LogP contribution in [0, 0.1) is 0 Å². The third-order valence-electron chi connectivity index (χ3n) is 4.53. The minimum absolute atomic E-state index is 0.0450. The summed E-state index contributed by atoms with van der Waals surface area (Å²) in [6.07, 6.45) is 1.32. The molecule has 0 aliphatic carbocycles. The van der Waals surface area contributed by atoms with E-state index in [1.165, 1.54) is 0 Å². The van der Waals surface area contributed by atoms with Gasteiger partial charge in [0, 0.05) is 12.6 Å². The van der Waals surface area contributed by atoms with Crippen LogP contribution in [0.5, 0.6) is 5.75 Å². The van der Waals surface area contributed by atoms with E-state index >= 15 is 0 Å². The van der Waals surface area contributed by atoms with E-state index in [0.717, 1.165) is 23.3 Å². The van der Waals surface area contributed by atoms with Gasteiger partial charge in [0.2, 0.25) is 0 Å². The van der Waals surface area contributed by atoms with Crippen LogP contribution in [-0.4, -0.2) is 47.8 Å². The normalized spacial score (nSPS) is 12.6. The fourth-order valence-electron chi connectivity index (χ4n) is 3.07. The molecule has 0 unspecified atom stereocenters. The highest BCUT2D eigenvalue weighted by Gasteiger charge is 2.22. The Morgan fingerprint density at radius 1 is 1.03 bits per heavy atom. The summed E-state index contributed by atoms with van der Waals surface area (Å²) in [5.74, 6) is 0.561. The van der Waals surface area contributed by atoms with Crippen molar-refractivity contribution in [2.45, 2.75) is 51.9 Å². The number of rotatable bonds is 10. The molecule has 0 radical (unpaired) electrons. The lowest BCUT2D eigenvalue weighted by Gasteiger charge is -2.28. The van der Waals surface area contributed by atoms with Crippen molar-refractivity contribution in [3.05, 3.63) is 65.7 Å². The maximum atomic E-state index is 12.1. The number of carbonyl (C=O) groups excluding carboxylic acids is 1. The van der Waals surface area contributed by atoms with Gasteiger partial charge < -0.3 is 14.6 Å². The molecular weight excluding hydrogens is 366 g/mol. The van der Waals surface area contributed by atoms with E-state index in [2.05, 4.69) is 0 Å². The van der Waals surface area contributed by atoms with E-state index in [0.29, 0.717) is 13.0 Å². The summed E-state index contributed by atoms with van der Waals surface area (Å²) in [5.41, 5.74) is 1.76. The monoisotopic (exact) mass is 399 g/mol. The first-order valence-electron chi connectivity index (χ1n) is 10.1. The van der Waals surface area contributed by atoms with Crippen LogP contribution >= 0.6 is 0 Å². The van der Waals surface area contributed by atoms with Crippen molar-refractivity contribution in [2.75, 3.05) is 20.2 Å². The maximum absolute atomic E-state index is 12.1. The molecule has 1 N–H and O–H groups in total. The van der Waals surface area contributed by atoms with Crippen molar-refractivity contribution < 1.29 is 19.4 Å². The van der Waals surface area contributed by atoms with Crippen LogP contribution in [0.25, 0.3) is 0 Å². The molecule has 0 saturated carbocycles. The predicted octanol–water partition coefficient (Wildman–Crippen LogP) is 3.83. The van der Waals surface area contributed by atoms with Gasteiger partial charge in [-0.05, 0) is 63.9 Å². The zero-order chi connectivity index (χ0) is 21.3.